The predicted octanol–water partition coefficient (Wildman–Crippen LogP) is 5.61. The first-order valence-corrected chi connectivity index (χ1v) is 7.43. The quantitative estimate of drug-likeness (QED) is 0.622. The molecule has 0 aromatic heterocycles. The Labute approximate surface area is 113 Å². The first-order valence-electron chi connectivity index (χ1n) is 6.68. The molecule has 92 valence electrons. The molecule has 1 unspecified atom stereocenters. The van der Waals surface area contributed by atoms with Gasteiger partial charge in [0.15, 0.2) is 0 Å². The fraction of sp³-hybridized carbons (Fsp3) is 0.600. The molecule has 0 bridgehead atoms. The van der Waals surface area contributed by atoms with Crippen LogP contribution < -0.4 is 0 Å². The SMILES string of the molecule is Clc1ccc(C23CCCC[C@H]2CCC3)cc1Cl. The topological polar surface area (TPSA) is 0 Å². The van der Waals surface area contributed by atoms with E-state index in [4.69, 9.17) is 23.2 Å². The minimum Gasteiger partial charge on any atom is -0.0827 e. The summed E-state index contributed by atoms with van der Waals surface area (Å²) in [6.45, 7) is 0. The molecule has 0 saturated heterocycles. The van der Waals surface area contributed by atoms with E-state index in [-0.39, 0.29) is 0 Å². The van der Waals surface area contributed by atoms with E-state index in [2.05, 4.69) is 12.1 Å². The van der Waals surface area contributed by atoms with Gasteiger partial charge in [-0.1, -0.05) is 48.5 Å². The lowest BCUT2D eigenvalue weighted by Crippen LogP contribution is -2.33. The van der Waals surface area contributed by atoms with Crippen LogP contribution in [0, 0.1) is 5.92 Å². The fourth-order valence-corrected chi connectivity index (χ4v) is 4.35. The molecule has 2 saturated carbocycles. The van der Waals surface area contributed by atoms with Gasteiger partial charge in [-0.05, 0) is 54.7 Å². The summed E-state index contributed by atoms with van der Waals surface area (Å²) in [5, 5.41) is 1.40. The molecular formula is C15H18Cl2. The largest absolute Gasteiger partial charge is 0.0827 e. The zero-order chi connectivity index (χ0) is 11.9. The maximum absolute atomic E-state index is 6.19. The van der Waals surface area contributed by atoms with Gasteiger partial charge in [-0.3, -0.25) is 0 Å². The Balaban J connectivity index is 2.02. The van der Waals surface area contributed by atoms with Crippen molar-refractivity contribution in [3.63, 3.8) is 0 Å². The summed E-state index contributed by atoms with van der Waals surface area (Å²) in [6.07, 6.45) is 9.65. The second-order valence-corrected chi connectivity index (χ2v) is 6.43. The fourth-order valence-electron chi connectivity index (χ4n) is 4.06. The monoisotopic (exact) mass is 268 g/mol. The van der Waals surface area contributed by atoms with Crippen LogP contribution in [0.25, 0.3) is 0 Å². The highest BCUT2D eigenvalue weighted by atomic mass is 35.5. The van der Waals surface area contributed by atoms with Gasteiger partial charge in [-0.25, -0.2) is 0 Å². The molecule has 0 heterocycles. The molecule has 2 aliphatic rings. The summed E-state index contributed by atoms with van der Waals surface area (Å²) in [5.41, 5.74) is 1.86. The van der Waals surface area contributed by atoms with Crippen LogP contribution in [-0.4, -0.2) is 0 Å². The van der Waals surface area contributed by atoms with Crippen LogP contribution in [0.1, 0.15) is 50.5 Å². The Morgan fingerprint density at radius 3 is 2.53 bits per heavy atom. The smallest absolute Gasteiger partial charge is 0.0595 e. The minimum atomic E-state index is 0.423. The molecule has 0 radical (unpaired) electrons. The van der Waals surface area contributed by atoms with Crippen LogP contribution in [0.15, 0.2) is 18.2 Å². The predicted molar refractivity (Wildman–Crippen MR) is 73.9 cm³/mol. The minimum absolute atomic E-state index is 0.423. The van der Waals surface area contributed by atoms with E-state index in [1.807, 2.05) is 6.07 Å². The summed E-state index contributed by atoms with van der Waals surface area (Å²) >= 11 is 12.2. The summed E-state index contributed by atoms with van der Waals surface area (Å²) in [4.78, 5) is 0. The maximum Gasteiger partial charge on any atom is 0.0595 e. The normalized spacial score (nSPS) is 32.5. The molecule has 1 aromatic rings. The summed E-state index contributed by atoms with van der Waals surface area (Å²) in [5.74, 6) is 0.883. The van der Waals surface area contributed by atoms with Crippen LogP contribution >= 0.6 is 23.2 Å². The van der Waals surface area contributed by atoms with Gasteiger partial charge in [-0.15, -0.1) is 0 Å². The van der Waals surface area contributed by atoms with Crippen molar-refractivity contribution in [2.75, 3.05) is 0 Å². The Morgan fingerprint density at radius 2 is 1.71 bits per heavy atom. The second-order valence-electron chi connectivity index (χ2n) is 5.62. The second kappa shape index (κ2) is 4.48. The Bertz CT molecular complexity index is 427. The van der Waals surface area contributed by atoms with Crippen LogP contribution in [-0.2, 0) is 5.41 Å². The average molecular weight is 269 g/mol. The molecular weight excluding hydrogens is 251 g/mol. The van der Waals surface area contributed by atoms with E-state index in [0.717, 1.165) is 10.9 Å². The van der Waals surface area contributed by atoms with Crippen molar-refractivity contribution in [2.24, 2.45) is 5.92 Å². The molecule has 2 aliphatic carbocycles. The standard InChI is InChI=1S/C15H18Cl2/c16-13-7-6-12(10-14(13)17)15-8-2-1-4-11(15)5-3-9-15/h6-7,10-11H,1-5,8-9H2/t11-,15?/m0/s1. The summed E-state index contributed by atoms with van der Waals surface area (Å²) < 4.78 is 0. The molecule has 2 atom stereocenters. The molecule has 3 rings (SSSR count). The van der Waals surface area contributed by atoms with Crippen molar-refractivity contribution in [3.8, 4) is 0 Å². The average Bonchev–Trinajstić information content (AvgIpc) is 2.77. The van der Waals surface area contributed by atoms with Crippen molar-refractivity contribution >= 4 is 23.2 Å². The lowest BCUT2D eigenvalue weighted by atomic mass is 9.64. The molecule has 0 amide bonds. The lowest BCUT2D eigenvalue weighted by molar-refractivity contribution is 0.221. The number of fused-ring (bicyclic) bond motifs is 1. The number of rotatable bonds is 1. The molecule has 0 N–H and O–H groups in total. The van der Waals surface area contributed by atoms with Gasteiger partial charge >= 0.3 is 0 Å². The molecule has 0 aliphatic heterocycles. The molecule has 1 aromatic carbocycles. The van der Waals surface area contributed by atoms with Crippen LogP contribution in [0.5, 0.6) is 0 Å². The van der Waals surface area contributed by atoms with Crippen LogP contribution in [0.2, 0.25) is 10.0 Å². The van der Waals surface area contributed by atoms with Gasteiger partial charge in [0.05, 0.1) is 10.0 Å². The highest BCUT2D eigenvalue weighted by Crippen LogP contribution is 2.54. The number of hydrogen-bond donors (Lipinski definition) is 0. The first kappa shape index (κ1) is 11.9. The summed E-state index contributed by atoms with van der Waals surface area (Å²) in [7, 11) is 0. The lowest BCUT2D eigenvalue weighted by Gasteiger charge is -2.40. The van der Waals surface area contributed by atoms with Gasteiger partial charge < -0.3 is 0 Å². The Hall–Kier alpha value is -0.200. The third kappa shape index (κ3) is 1.90. The number of benzene rings is 1. The van der Waals surface area contributed by atoms with Crippen molar-refractivity contribution in [1.29, 1.82) is 0 Å². The third-order valence-corrected chi connectivity index (χ3v) is 5.62. The van der Waals surface area contributed by atoms with Crippen molar-refractivity contribution in [3.05, 3.63) is 33.8 Å². The van der Waals surface area contributed by atoms with Gasteiger partial charge in [0.25, 0.3) is 0 Å². The zero-order valence-corrected chi connectivity index (χ0v) is 11.5. The molecule has 0 spiro atoms. The summed E-state index contributed by atoms with van der Waals surface area (Å²) in [6, 6.07) is 6.29. The van der Waals surface area contributed by atoms with Gasteiger partial charge in [0.1, 0.15) is 0 Å². The molecule has 0 nitrogen and oxygen atoms in total. The maximum atomic E-state index is 6.19. The molecule has 17 heavy (non-hydrogen) atoms. The van der Waals surface area contributed by atoms with Gasteiger partial charge in [-0.2, -0.15) is 0 Å². The number of hydrogen-bond acceptors (Lipinski definition) is 0. The van der Waals surface area contributed by atoms with E-state index in [1.165, 1.54) is 50.5 Å². The van der Waals surface area contributed by atoms with Crippen LogP contribution in [0.4, 0.5) is 0 Å². The Morgan fingerprint density at radius 1 is 0.941 bits per heavy atom. The van der Waals surface area contributed by atoms with Crippen molar-refractivity contribution < 1.29 is 0 Å². The van der Waals surface area contributed by atoms with Gasteiger partial charge in [0.2, 0.25) is 0 Å². The molecule has 2 fully saturated rings. The van der Waals surface area contributed by atoms with Crippen molar-refractivity contribution in [1.82, 2.24) is 0 Å². The number of halogens is 2. The van der Waals surface area contributed by atoms with E-state index in [0.29, 0.717) is 10.4 Å². The highest BCUT2D eigenvalue weighted by molar-refractivity contribution is 6.42. The third-order valence-electron chi connectivity index (χ3n) is 4.88. The first-order chi connectivity index (χ1) is 8.22. The molecule has 2 heteroatoms. The zero-order valence-electron chi connectivity index (χ0n) is 10.0. The van der Waals surface area contributed by atoms with E-state index < -0.39 is 0 Å². The highest BCUT2D eigenvalue weighted by Gasteiger charge is 2.45. The van der Waals surface area contributed by atoms with E-state index >= 15 is 0 Å². The van der Waals surface area contributed by atoms with E-state index in [1.54, 1.807) is 0 Å². The van der Waals surface area contributed by atoms with Gasteiger partial charge in [0, 0.05) is 0 Å². The van der Waals surface area contributed by atoms with Crippen LogP contribution in [0.3, 0.4) is 0 Å². The van der Waals surface area contributed by atoms with E-state index in [9.17, 15) is 0 Å². The Kier molecular flexibility index (Phi) is 3.13. The van der Waals surface area contributed by atoms with Crippen molar-refractivity contribution in [2.45, 2.75) is 50.4 Å².